The lowest BCUT2D eigenvalue weighted by atomic mass is 10.1. The Labute approximate surface area is 180 Å². The summed E-state index contributed by atoms with van der Waals surface area (Å²) in [5, 5.41) is 2.17. The molecule has 30 heavy (non-hydrogen) atoms. The first-order chi connectivity index (χ1) is 14.8. The molecule has 1 aromatic heterocycles. The third kappa shape index (κ3) is 4.63. The average Bonchev–Trinajstić information content (AvgIpc) is 3.21. The third-order valence-corrected chi connectivity index (χ3v) is 5.79. The van der Waals surface area contributed by atoms with Crippen LogP contribution in [0.15, 0.2) is 89.2 Å². The number of methoxy groups -OCH3 is 2. The normalized spacial score (nSPS) is 11.5. The molecule has 0 atom stereocenters. The Morgan fingerprint density at radius 2 is 1.60 bits per heavy atom. The van der Waals surface area contributed by atoms with Crippen molar-refractivity contribution >= 4 is 17.0 Å². The number of ether oxygens (including phenoxy) is 2. The van der Waals surface area contributed by atoms with E-state index in [1.165, 1.54) is 5.56 Å². The van der Waals surface area contributed by atoms with Gasteiger partial charge < -0.3 is 14.0 Å². The quantitative estimate of drug-likeness (QED) is 0.387. The van der Waals surface area contributed by atoms with Crippen LogP contribution in [0.3, 0.4) is 0 Å². The van der Waals surface area contributed by atoms with Gasteiger partial charge in [0.1, 0.15) is 11.5 Å². The topological polar surface area (TPSA) is 35.8 Å². The first kappa shape index (κ1) is 20.0. The fourth-order valence-electron chi connectivity index (χ4n) is 3.30. The number of thiazole rings is 1. The standard InChI is InChI=1S/C25H24N2O2S/c1-28-22-13-11-21(12-14-22)26-25-27(16-15-19-7-4-3-5-8-19)24(18-30-25)20-9-6-10-23(17-20)29-2/h3-14,17-18H,15-16H2,1-2H3. The highest BCUT2D eigenvalue weighted by Gasteiger charge is 2.10. The van der Waals surface area contributed by atoms with Crippen LogP contribution in [0.5, 0.6) is 11.5 Å². The van der Waals surface area contributed by atoms with Gasteiger partial charge in [0, 0.05) is 17.5 Å². The lowest BCUT2D eigenvalue weighted by Gasteiger charge is -2.10. The second-order valence-electron chi connectivity index (χ2n) is 6.83. The zero-order chi connectivity index (χ0) is 20.8. The predicted molar refractivity (Wildman–Crippen MR) is 123 cm³/mol. The van der Waals surface area contributed by atoms with Crippen LogP contribution in [0.2, 0.25) is 0 Å². The summed E-state index contributed by atoms with van der Waals surface area (Å²) >= 11 is 1.65. The second-order valence-corrected chi connectivity index (χ2v) is 7.67. The van der Waals surface area contributed by atoms with Gasteiger partial charge in [-0.3, -0.25) is 0 Å². The molecule has 0 unspecified atom stereocenters. The van der Waals surface area contributed by atoms with Crippen LogP contribution >= 0.6 is 11.3 Å². The number of aryl methyl sites for hydroxylation is 1. The largest absolute Gasteiger partial charge is 0.497 e. The van der Waals surface area contributed by atoms with Gasteiger partial charge in [0.15, 0.2) is 4.80 Å². The maximum atomic E-state index is 5.43. The van der Waals surface area contributed by atoms with Crippen LogP contribution in [0, 0.1) is 0 Å². The fraction of sp³-hybridized carbons (Fsp3) is 0.160. The number of aromatic nitrogens is 1. The van der Waals surface area contributed by atoms with Crippen LogP contribution in [0.25, 0.3) is 11.3 Å². The SMILES string of the molecule is COc1ccc(N=c2scc(-c3cccc(OC)c3)n2CCc2ccccc2)cc1. The lowest BCUT2D eigenvalue weighted by Crippen LogP contribution is -2.17. The van der Waals surface area contributed by atoms with Crippen molar-refractivity contribution in [2.24, 2.45) is 4.99 Å². The monoisotopic (exact) mass is 416 g/mol. The van der Waals surface area contributed by atoms with Gasteiger partial charge in [0.2, 0.25) is 0 Å². The first-order valence-corrected chi connectivity index (χ1v) is 10.7. The smallest absolute Gasteiger partial charge is 0.190 e. The summed E-state index contributed by atoms with van der Waals surface area (Å²) in [6.45, 7) is 0.842. The highest BCUT2D eigenvalue weighted by atomic mass is 32.1. The highest BCUT2D eigenvalue weighted by Crippen LogP contribution is 2.25. The van der Waals surface area contributed by atoms with Crippen LogP contribution < -0.4 is 14.3 Å². The van der Waals surface area contributed by atoms with Crippen LogP contribution in [0.1, 0.15) is 5.56 Å². The van der Waals surface area contributed by atoms with Crippen molar-refractivity contribution < 1.29 is 9.47 Å². The summed E-state index contributed by atoms with van der Waals surface area (Å²) in [5.41, 5.74) is 4.48. The summed E-state index contributed by atoms with van der Waals surface area (Å²) in [5.74, 6) is 1.68. The molecule has 0 aliphatic carbocycles. The average molecular weight is 417 g/mol. The zero-order valence-corrected chi connectivity index (χ0v) is 17.9. The Morgan fingerprint density at radius 1 is 0.833 bits per heavy atom. The molecular formula is C25H24N2O2S. The number of rotatable bonds is 7. The molecular weight excluding hydrogens is 392 g/mol. The molecule has 0 saturated heterocycles. The van der Waals surface area contributed by atoms with Crippen LogP contribution in [-0.4, -0.2) is 18.8 Å². The number of hydrogen-bond acceptors (Lipinski definition) is 4. The maximum Gasteiger partial charge on any atom is 0.190 e. The minimum atomic E-state index is 0.828. The van der Waals surface area contributed by atoms with E-state index >= 15 is 0 Å². The molecule has 4 nitrogen and oxygen atoms in total. The minimum absolute atomic E-state index is 0.828. The molecule has 0 N–H and O–H groups in total. The molecule has 4 rings (SSSR count). The van der Waals surface area contributed by atoms with Crippen molar-refractivity contribution in [1.29, 1.82) is 0 Å². The van der Waals surface area contributed by atoms with Gasteiger partial charge in [-0.25, -0.2) is 4.99 Å². The van der Waals surface area contributed by atoms with E-state index in [9.17, 15) is 0 Å². The molecule has 152 valence electrons. The molecule has 0 bridgehead atoms. The summed E-state index contributed by atoms with van der Waals surface area (Å²) in [6.07, 6.45) is 0.935. The molecule has 0 radical (unpaired) electrons. The second kappa shape index (κ2) is 9.46. The van der Waals surface area contributed by atoms with E-state index in [1.54, 1.807) is 25.6 Å². The Balaban J connectivity index is 1.75. The zero-order valence-electron chi connectivity index (χ0n) is 17.1. The van der Waals surface area contributed by atoms with E-state index in [-0.39, 0.29) is 0 Å². The van der Waals surface area contributed by atoms with Crippen LogP contribution in [-0.2, 0) is 13.0 Å². The molecule has 0 spiro atoms. The Kier molecular flexibility index (Phi) is 6.30. The van der Waals surface area contributed by atoms with Crippen molar-refractivity contribution in [3.63, 3.8) is 0 Å². The van der Waals surface area contributed by atoms with E-state index < -0.39 is 0 Å². The van der Waals surface area contributed by atoms with Gasteiger partial charge in [0.05, 0.1) is 25.6 Å². The Morgan fingerprint density at radius 3 is 2.33 bits per heavy atom. The van der Waals surface area contributed by atoms with Gasteiger partial charge in [-0.1, -0.05) is 42.5 Å². The van der Waals surface area contributed by atoms with Gasteiger partial charge in [-0.2, -0.15) is 0 Å². The lowest BCUT2D eigenvalue weighted by molar-refractivity contribution is 0.415. The highest BCUT2D eigenvalue weighted by molar-refractivity contribution is 7.07. The number of hydrogen-bond donors (Lipinski definition) is 0. The fourth-order valence-corrected chi connectivity index (χ4v) is 4.26. The maximum absolute atomic E-state index is 5.43. The number of nitrogens with zero attached hydrogens (tertiary/aromatic N) is 2. The summed E-state index contributed by atoms with van der Waals surface area (Å²) in [4.78, 5) is 5.88. The van der Waals surface area contributed by atoms with Crippen molar-refractivity contribution in [1.82, 2.24) is 4.57 Å². The van der Waals surface area contributed by atoms with Gasteiger partial charge in [0.25, 0.3) is 0 Å². The first-order valence-electron chi connectivity index (χ1n) is 9.82. The van der Waals surface area contributed by atoms with Crippen molar-refractivity contribution in [3.05, 3.63) is 94.6 Å². The van der Waals surface area contributed by atoms with Crippen molar-refractivity contribution in [2.45, 2.75) is 13.0 Å². The minimum Gasteiger partial charge on any atom is -0.497 e. The molecule has 1 heterocycles. The summed E-state index contributed by atoms with van der Waals surface area (Å²) in [7, 11) is 3.37. The molecule has 0 aliphatic heterocycles. The van der Waals surface area contributed by atoms with E-state index in [0.717, 1.165) is 46.2 Å². The molecule has 4 aromatic rings. The predicted octanol–water partition coefficient (Wildman–Crippen LogP) is 5.71. The molecule has 5 heteroatoms. The van der Waals surface area contributed by atoms with E-state index in [4.69, 9.17) is 14.5 Å². The molecule has 0 amide bonds. The van der Waals surface area contributed by atoms with Crippen molar-refractivity contribution in [3.8, 4) is 22.8 Å². The van der Waals surface area contributed by atoms with Gasteiger partial charge in [-0.15, -0.1) is 11.3 Å². The van der Waals surface area contributed by atoms with Gasteiger partial charge >= 0.3 is 0 Å². The summed E-state index contributed by atoms with van der Waals surface area (Å²) in [6, 6.07) is 26.5. The van der Waals surface area contributed by atoms with E-state index in [2.05, 4.69) is 46.3 Å². The number of benzene rings is 3. The molecule has 0 saturated carbocycles. The Bertz CT molecular complexity index is 1160. The third-order valence-electron chi connectivity index (χ3n) is 4.93. The van der Waals surface area contributed by atoms with Gasteiger partial charge in [-0.05, 0) is 48.4 Å². The van der Waals surface area contributed by atoms with Crippen LogP contribution in [0.4, 0.5) is 5.69 Å². The van der Waals surface area contributed by atoms with E-state index in [1.807, 2.05) is 42.5 Å². The Hall–Kier alpha value is -3.31. The molecule has 0 fully saturated rings. The molecule has 0 aliphatic rings. The molecule has 3 aromatic carbocycles. The van der Waals surface area contributed by atoms with E-state index in [0.29, 0.717) is 0 Å². The summed E-state index contributed by atoms with van der Waals surface area (Å²) < 4.78 is 13.0. The van der Waals surface area contributed by atoms with Crippen molar-refractivity contribution in [2.75, 3.05) is 14.2 Å².